The maximum atomic E-state index is 12.0. The third-order valence-corrected chi connectivity index (χ3v) is 3.24. The fourth-order valence-corrected chi connectivity index (χ4v) is 2.33. The highest BCUT2D eigenvalue weighted by molar-refractivity contribution is 5.80. The number of ether oxygens (including phenoxy) is 1. The van der Waals surface area contributed by atoms with Gasteiger partial charge in [0.2, 0.25) is 0 Å². The second-order valence-electron chi connectivity index (χ2n) is 6.44. The standard InChI is InChI=1S/C17H23NO4/c1-11-7-5-8-12-15(11)16(20)21-13(18-12)9-6-10-14(19)22-17(2,3)4/h5,7-8,14,19H,6,9-10H2,1-4H3. The Hall–Kier alpha value is -1.72. The van der Waals surface area contributed by atoms with Crippen LogP contribution in [0.2, 0.25) is 0 Å². The molecule has 22 heavy (non-hydrogen) atoms. The molecule has 0 amide bonds. The maximum Gasteiger partial charge on any atom is 0.347 e. The Bertz CT molecular complexity index is 700. The monoisotopic (exact) mass is 305 g/mol. The second kappa shape index (κ2) is 6.58. The number of aryl methyl sites for hydroxylation is 2. The predicted molar refractivity (Wildman–Crippen MR) is 84.8 cm³/mol. The zero-order chi connectivity index (χ0) is 16.3. The van der Waals surface area contributed by atoms with E-state index in [4.69, 9.17) is 9.15 Å². The fourth-order valence-electron chi connectivity index (χ4n) is 2.33. The number of aliphatic hydroxyl groups is 1. The van der Waals surface area contributed by atoms with Gasteiger partial charge in [-0.25, -0.2) is 9.78 Å². The number of aromatic nitrogens is 1. The van der Waals surface area contributed by atoms with Crippen LogP contribution in [0.3, 0.4) is 0 Å². The molecule has 120 valence electrons. The first kappa shape index (κ1) is 16.6. The van der Waals surface area contributed by atoms with Crippen LogP contribution in [0.4, 0.5) is 0 Å². The van der Waals surface area contributed by atoms with Gasteiger partial charge in [0.25, 0.3) is 0 Å². The summed E-state index contributed by atoms with van der Waals surface area (Å²) in [6.07, 6.45) is 0.761. The zero-order valence-corrected chi connectivity index (χ0v) is 13.5. The van der Waals surface area contributed by atoms with Gasteiger partial charge in [-0.1, -0.05) is 12.1 Å². The van der Waals surface area contributed by atoms with E-state index in [1.54, 1.807) is 6.07 Å². The van der Waals surface area contributed by atoms with Crippen molar-refractivity contribution in [2.24, 2.45) is 0 Å². The molecular formula is C17H23NO4. The van der Waals surface area contributed by atoms with E-state index < -0.39 is 6.29 Å². The van der Waals surface area contributed by atoms with Crippen molar-refractivity contribution in [3.8, 4) is 0 Å². The molecule has 1 atom stereocenters. The average molecular weight is 305 g/mol. The minimum Gasteiger partial charge on any atom is -0.408 e. The smallest absolute Gasteiger partial charge is 0.347 e. The van der Waals surface area contributed by atoms with E-state index in [9.17, 15) is 9.90 Å². The first-order valence-corrected chi connectivity index (χ1v) is 7.51. The SMILES string of the molecule is Cc1cccc2nc(CCCC(O)OC(C)(C)C)oc(=O)c12. The van der Waals surface area contributed by atoms with E-state index in [0.29, 0.717) is 36.1 Å². The molecule has 5 heteroatoms. The van der Waals surface area contributed by atoms with Crippen molar-refractivity contribution < 1.29 is 14.3 Å². The lowest BCUT2D eigenvalue weighted by Crippen LogP contribution is -2.27. The molecule has 0 saturated carbocycles. The lowest BCUT2D eigenvalue weighted by Gasteiger charge is -2.23. The topological polar surface area (TPSA) is 72.6 Å². The average Bonchev–Trinajstić information content (AvgIpc) is 2.36. The molecule has 0 radical (unpaired) electrons. The van der Waals surface area contributed by atoms with Crippen molar-refractivity contribution in [3.63, 3.8) is 0 Å². The van der Waals surface area contributed by atoms with Crippen LogP contribution in [0.5, 0.6) is 0 Å². The van der Waals surface area contributed by atoms with Crippen molar-refractivity contribution in [2.45, 2.75) is 58.8 Å². The van der Waals surface area contributed by atoms with E-state index in [1.165, 1.54) is 0 Å². The Morgan fingerprint density at radius 1 is 1.36 bits per heavy atom. The molecule has 1 N–H and O–H groups in total. The number of benzene rings is 1. The molecule has 0 bridgehead atoms. The molecule has 1 unspecified atom stereocenters. The molecule has 1 aromatic carbocycles. The Labute approximate surface area is 129 Å². The van der Waals surface area contributed by atoms with Gasteiger partial charge in [0, 0.05) is 6.42 Å². The first-order chi connectivity index (χ1) is 10.3. The van der Waals surface area contributed by atoms with Crippen LogP contribution < -0.4 is 5.63 Å². The molecule has 0 spiro atoms. The van der Waals surface area contributed by atoms with Crippen LogP contribution in [0.1, 0.15) is 45.1 Å². The number of rotatable bonds is 5. The molecule has 0 aliphatic carbocycles. The maximum absolute atomic E-state index is 12.0. The highest BCUT2D eigenvalue weighted by Gasteiger charge is 2.16. The Morgan fingerprint density at radius 2 is 2.09 bits per heavy atom. The van der Waals surface area contributed by atoms with Gasteiger partial charge >= 0.3 is 5.63 Å². The van der Waals surface area contributed by atoms with E-state index in [0.717, 1.165) is 5.56 Å². The highest BCUT2D eigenvalue weighted by atomic mass is 16.6. The molecule has 1 aromatic heterocycles. The van der Waals surface area contributed by atoms with Gasteiger partial charge in [0.1, 0.15) is 0 Å². The highest BCUT2D eigenvalue weighted by Crippen LogP contribution is 2.16. The van der Waals surface area contributed by atoms with E-state index in [-0.39, 0.29) is 11.2 Å². The largest absolute Gasteiger partial charge is 0.408 e. The molecule has 0 fully saturated rings. The quantitative estimate of drug-likeness (QED) is 0.860. The van der Waals surface area contributed by atoms with Gasteiger partial charge in [-0.3, -0.25) is 0 Å². The van der Waals surface area contributed by atoms with Crippen LogP contribution in [0.25, 0.3) is 10.9 Å². The Balaban J connectivity index is 2.03. The lowest BCUT2D eigenvalue weighted by atomic mass is 10.1. The van der Waals surface area contributed by atoms with Gasteiger partial charge in [-0.05, 0) is 52.2 Å². The number of hydrogen-bond acceptors (Lipinski definition) is 5. The first-order valence-electron chi connectivity index (χ1n) is 7.51. The molecule has 2 aromatic rings. The summed E-state index contributed by atoms with van der Waals surface area (Å²) in [6, 6.07) is 5.54. The van der Waals surface area contributed by atoms with Crippen LogP contribution in [0, 0.1) is 6.92 Å². The van der Waals surface area contributed by atoms with Gasteiger partial charge in [0.05, 0.1) is 16.5 Å². The predicted octanol–water partition coefficient (Wildman–Crippen LogP) is 2.95. The number of fused-ring (bicyclic) bond motifs is 1. The molecule has 0 aliphatic rings. The summed E-state index contributed by atoms with van der Waals surface area (Å²) in [5, 5.41) is 10.3. The summed E-state index contributed by atoms with van der Waals surface area (Å²) < 4.78 is 10.7. The van der Waals surface area contributed by atoms with Crippen LogP contribution in [0.15, 0.2) is 27.4 Å². The number of nitrogens with zero attached hydrogens (tertiary/aromatic N) is 1. The Kier molecular flexibility index (Phi) is 4.98. The number of aliphatic hydroxyl groups excluding tert-OH is 1. The summed E-state index contributed by atoms with van der Waals surface area (Å²) in [5.41, 5.74) is 0.770. The van der Waals surface area contributed by atoms with Crippen LogP contribution in [-0.4, -0.2) is 22.0 Å². The summed E-state index contributed by atoms with van der Waals surface area (Å²) >= 11 is 0. The molecule has 5 nitrogen and oxygen atoms in total. The van der Waals surface area contributed by atoms with Crippen molar-refractivity contribution in [2.75, 3.05) is 0 Å². The summed E-state index contributed by atoms with van der Waals surface area (Å²) in [6.45, 7) is 7.54. The summed E-state index contributed by atoms with van der Waals surface area (Å²) in [7, 11) is 0. The minimum atomic E-state index is -0.825. The molecule has 0 saturated heterocycles. The normalized spacial score (nSPS) is 13.5. The second-order valence-corrected chi connectivity index (χ2v) is 6.44. The number of hydrogen-bond donors (Lipinski definition) is 1. The molecule has 2 rings (SSSR count). The zero-order valence-electron chi connectivity index (χ0n) is 13.5. The van der Waals surface area contributed by atoms with Gasteiger partial charge in [-0.2, -0.15) is 0 Å². The van der Waals surface area contributed by atoms with Crippen molar-refractivity contribution in [1.82, 2.24) is 4.98 Å². The van der Waals surface area contributed by atoms with Crippen LogP contribution in [-0.2, 0) is 11.2 Å². The summed E-state index contributed by atoms with van der Waals surface area (Å²) in [5.74, 6) is 0.394. The fraction of sp³-hybridized carbons (Fsp3) is 0.529. The third kappa shape index (κ3) is 4.39. The molecule has 1 heterocycles. The van der Waals surface area contributed by atoms with E-state index in [1.807, 2.05) is 39.8 Å². The Morgan fingerprint density at radius 3 is 2.77 bits per heavy atom. The van der Waals surface area contributed by atoms with Gasteiger partial charge in [0.15, 0.2) is 12.2 Å². The van der Waals surface area contributed by atoms with Gasteiger partial charge < -0.3 is 14.3 Å². The minimum absolute atomic E-state index is 0.357. The van der Waals surface area contributed by atoms with Crippen LogP contribution >= 0.6 is 0 Å². The van der Waals surface area contributed by atoms with Crippen molar-refractivity contribution >= 4 is 10.9 Å². The third-order valence-electron chi connectivity index (χ3n) is 3.24. The van der Waals surface area contributed by atoms with Gasteiger partial charge in [-0.15, -0.1) is 0 Å². The van der Waals surface area contributed by atoms with E-state index in [2.05, 4.69) is 4.98 Å². The molecule has 0 aliphatic heterocycles. The van der Waals surface area contributed by atoms with Crippen molar-refractivity contribution in [1.29, 1.82) is 0 Å². The van der Waals surface area contributed by atoms with Crippen molar-refractivity contribution in [3.05, 3.63) is 40.1 Å². The molecular weight excluding hydrogens is 282 g/mol. The summed E-state index contributed by atoms with van der Waals surface area (Å²) in [4.78, 5) is 16.4. The van der Waals surface area contributed by atoms with E-state index >= 15 is 0 Å². The lowest BCUT2D eigenvalue weighted by molar-refractivity contribution is -0.168.